The van der Waals surface area contributed by atoms with Crippen molar-refractivity contribution in [3.63, 3.8) is 0 Å². The van der Waals surface area contributed by atoms with Crippen molar-refractivity contribution in [3.8, 4) is 0 Å². The minimum absolute atomic E-state index is 0.0534. The highest BCUT2D eigenvalue weighted by Gasteiger charge is 2.13. The van der Waals surface area contributed by atoms with Crippen molar-refractivity contribution < 1.29 is 8.42 Å². The van der Waals surface area contributed by atoms with Gasteiger partial charge >= 0.3 is 0 Å². The Labute approximate surface area is 138 Å². The third-order valence-electron chi connectivity index (χ3n) is 3.03. The summed E-state index contributed by atoms with van der Waals surface area (Å²) in [5, 5.41) is 18.5. The monoisotopic (exact) mass is 354 g/mol. The van der Waals surface area contributed by atoms with Crippen LogP contribution in [-0.4, -0.2) is 31.6 Å². The normalized spacial score (nSPS) is 11.1. The van der Waals surface area contributed by atoms with Gasteiger partial charge in [-0.15, -0.1) is 0 Å². The number of nitrogens with zero attached hydrogens (tertiary/aromatic N) is 2. The van der Waals surface area contributed by atoms with E-state index in [0.29, 0.717) is 23.7 Å². The highest BCUT2D eigenvalue weighted by Crippen LogP contribution is 2.23. The van der Waals surface area contributed by atoms with E-state index in [9.17, 15) is 8.42 Å². The van der Waals surface area contributed by atoms with Gasteiger partial charge < -0.3 is 16.0 Å². The molecule has 2 rings (SSSR count). The van der Waals surface area contributed by atoms with Gasteiger partial charge in [0.1, 0.15) is 22.9 Å². The average molecular weight is 355 g/mol. The average Bonchev–Trinajstić information content (AvgIpc) is 2.51. The second-order valence-corrected chi connectivity index (χ2v) is 6.48. The summed E-state index contributed by atoms with van der Waals surface area (Å²) in [6.07, 6.45) is 2.52. The van der Waals surface area contributed by atoms with Crippen molar-refractivity contribution in [2.45, 2.75) is 11.4 Å². The van der Waals surface area contributed by atoms with Gasteiger partial charge in [-0.05, 0) is 17.7 Å². The van der Waals surface area contributed by atoms with Gasteiger partial charge in [0, 0.05) is 19.8 Å². The topological polar surface area (TPSA) is 134 Å². The molecule has 0 fully saturated rings. The molecule has 122 valence electrons. The van der Waals surface area contributed by atoms with Crippen LogP contribution >= 0.6 is 11.6 Å². The van der Waals surface area contributed by atoms with Crippen molar-refractivity contribution in [3.05, 3.63) is 40.7 Å². The largest absolute Gasteiger partial charge is 0.372 e. The molecular formula is C13H15ClN6O2S. The molecule has 0 atom stereocenters. The van der Waals surface area contributed by atoms with E-state index in [4.69, 9.17) is 22.1 Å². The maximum Gasteiger partial charge on any atom is 0.239 e. The van der Waals surface area contributed by atoms with Crippen molar-refractivity contribution in [2.24, 2.45) is 5.14 Å². The highest BCUT2D eigenvalue weighted by molar-refractivity contribution is 7.89. The number of aromatic nitrogens is 2. The van der Waals surface area contributed by atoms with Crippen LogP contribution in [0.15, 0.2) is 29.4 Å². The van der Waals surface area contributed by atoms with Gasteiger partial charge in [-0.25, -0.2) is 23.5 Å². The molecule has 5 N–H and O–H groups in total. The van der Waals surface area contributed by atoms with Gasteiger partial charge in [0.25, 0.3) is 0 Å². The molecule has 0 radical (unpaired) electrons. The predicted octanol–water partition coefficient (Wildman–Crippen LogP) is 1.43. The first-order valence-electron chi connectivity index (χ1n) is 6.45. The smallest absolute Gasteiger partial charge is 0.239 e. The predicted molar refractivity (Wildman–Crippen MR) is 89.6 cm³/mol. The molecule has 23 heavy (non-hydrogen) atoms. The molecule has 10 heteroatoms. The Morgan fingerprint density at radius 2 is 2.04 bits per heavy atom. The Bertz CT molecular complexity index is 840. The van der Waals surface area contributed by atoms with E-state index in [1.54, 1.807) is 13.1 Å². The van der Waals surface area contributed by atoms with Crippen LogP contribution in [0, 0.1) is 5.41 Å². The molecule has 1 heterocycles. The minimum atomic E-state index is -3.85. The number of hydrogen-bond acceptors (Lipinski definition) is 7. The van der Waals surface area contributed by atoms with Crippen LogP contribution in [0.3, 0.4) is 0 Å². The number of nitrogens with one attached hydrogen (secondary N) is 3. The summed E-state index contributed by atoms with van der Waals surface area (Å²) in [6, 6.07) is 4.46. The standard InChI is InChI=1S/C13H15ClN6O2S/c1-17-12-9(5-15)13(20-7-19-12)18-6-8-2-3-11(10(14)4-8)23(16,21)22/h2-5,7,15H,6H2,1H3,(H2,16,21,22)(H2,17,18,19,20). The number of rotatable bonds is 6. The first-order valence-corrected chi connectivity index (χ1v) is 8.37. The van der Waals surface area contributed by atoms with Crippen LogP contribution in [0.1, 0.15) is 11.1 Å². The Balaban J connectivity index is 2.22. The van der Waals surface area contributed by atoms with Crippen LogP contribution in [0.2, 0.25) is 5.02 Å². The number of halogens is 1. The zero-order chi connectivity index (χ0) is 17.0. The summed E-state index contributed by atoms with van der Waals surface area (Å²) in [7, 11) is -2.15. The van der Waals surface area contributed by atoms with E-state index in [1.807, 2.05) is 0 Å². The third-order valence-corrected chi connectivity index (χ3v) is 4.42. The van der Waals surface area contributed by atoms with Gasteiger partial charge in [0.05, 0.1) is 10.6 Å². The number of anilines is 2. The molecule has 2 aromatic rings. The summed E-state index contributed by atoms with van der Waals surface area (Å²) in [6.45, 7) is 0.339. The van der Waals surface area contributed by atoms with Gasteiger partial charge in [-0.2, -0.15) is 0 Å². The van der Waals surface area contributed by atoms with Gasteiger partial charge in [-0.3, -0.25) is 0 Å². The zero-order valence-corrected chi connectivity index (χ0v) is 13.7. The van der Waals surface area contributed by atoms with Crippen LogP contribution in [0.5, 0.6) is 0 Å². The second kappa shape index (κ2) is 6.90. The lowest BCUT2D eigenvalue weighted by Crippen LogP contribution is -2.13. The van der Waals surface area contributed by atoms with Crippen molar-refractivity contribution in [1.82, 2.24) is 9.97 Å². The van der Waals surface area contributed by atoms with Gasteiger partial charge in [0.2, 0.25) is 10.0 Å². The Kier molecular flexibility index (Phi) is 5.14. The fraction of sp³-hybridized carbons (Fsp3) is 0.154. The van der Waals surface area contributed by atoms with E-state index < -0.39 is 10.0 Å². The second-order valence-electron chi connectivity index (χ2n) is 4.54. The highest BCUT2D eigenvalue weighted by atomic mass is 35.5. The number of benzene rings is 1. The lowest BCUT2D eigenvalue weighted by atomic mass is 10.2. The van der Waals surface area contributed by atoms with Crippen molar-refractivity contribution >= 4 is 39.5 Å². The summed E-state index contributed by atoms with van der Waals surface area (Å²) in [4.78, 5) is 7.99. The van der Waals surface area contributed by atoms with Crippen LogP contribution in [-0.2, 0) is 16.6 Å². The lowest BCUT2D eigenvalue weighted by Gasteiger charge is -2.11. The summed E-state index contributed by atoms with van der Waals surface area (Å²) >= 11 is 5.94. The number of sulfonamides is 1. The van der Waals surface area contributed by atoms with E-state index in [-0.39, 0.29) is 9.92 Å². The van der Waals surface area contributed by atoms with E-state index in [1.165, 1.54) is 18.5 Å². The molecule has 0 aliphatic carbocycles. The summed E-state index contributed by atoms with van der Waals surface area (Å²) in [5.41, 5.74) is 1.25. The lowest BCUT2D eigenvalue weighted by molar-refractivity contribution is 0.598. The third kappa shape index (κ3) is 3.95. The minimum Gasteiger partial charge on any atom is -0.372 e. The van der Waals surface area contributed by atoms with E-state index >= 15 is 0 Å². The number of nitrogens with two attached hydrogens (primary N) is 1. The molecule has 0 unspecified atom stereocenters. The quantitative estimate of drug-likeness (QED) is 0.580. The van der Waals surface area contributed by atoms with Crippen LogP contribution in [0.4, 0.5) is 11.6 Å². The van der Waals surface area contributed by atoms with Crippen LogP contribution in [0.25, 0.3) is 0 Å². The molecule has 0 spiro atoms. The molecule has 1 aromatic carbocycles. The SMILES string of the molecule is CNc1ncnc(NCc2ccc(S(N)(=O)=O)c(Cl)c2)c1C=N. The van der Waals surface area contributed by atoms with E-state index in [2.05, 4.69) is 20.6 Å². The van der Waals surface area contributed by atoms with E-state index in [0.717, 1.165) is 11.8 Å². The molecule has 0 saturated heterocycles. The number of hydrogen-bond donors (Lipinski definition) is 4. The molecule has 0 amide bonds. The summed E-state index contributed by atoms with van der Waals surface area (Å²) < 4.78 is 22.7. The maximum atomic E-state index is 11.3. The molecule has 0 saturated carbocycles. The van der Waals surface area contributed by atoms with Crippen LogP contribution < -0.4 is 15.8 Å². The molecule has 0 bridgehead atoms. The molecule has 0 aliphatic heterocycles. The molecule has 1 aromatic heterocycles. The maximum absolute atomic E-state index is 11.3. The Morgan fingerprint density at radius 3 is 2.61 bits per heavy atom. The fourth-order valence-electron chi connectivity index (χ4n) is 1.94. The number of primary sulfonamides is 1. The Morgan fingerprint density at radius 1 is 1.35 bits per heavy atom. The Hall–Kier alpha value is -2.23. The molecule has 8 nitrogen and oxygen atoms in total. The molecule has 0 aliphatic rings. The first kappa shape index (κ1) is 17.1. The van der Waals surface area contributed by atoms with Gasteiger partial charge in [-0.1, -0.05) is 17.7 Å². The summed E-state index contributed by atoms with van der Waals surface area (Å²) in [5.74, 6) is 1.01. The van der Waals surface area contributed by atoms with Crippen molar-refractivity contribution in [2.75, 3.05) is 17.7 Å². The molecular weight excluding hydrogens is 340 g/mol. The first-order chi connectivity index (χ1) is 10.9. The van der Waals surface area contributed by atoms with Crippen molar-refractivity contribution in [1.29, 1.82) is 5.41 Å². The van der Waals surface area contributed by atoms with Gasteiger partial charge in [0.15, 0.2) is 0 Å². The zero-order valence-electron chi connectivity index (χ0n) is 12.2. The fourth-order valence-corrected chi connectivity index (χ4v) is 3.06.